The van der Waals surface area contributed by atoms with Crippen LogP contribution in [-0.2, 0) is 6.54 Å². The fourth-order valence-corrected chi connectivity index (χ4v) is 2.77. The Morgan fingerprint density at radius 2 is 2.35 bits per heavy atom. The van der Waals surface area contributed by atoms with Gasteiger partial charge in [0.2, 0.25) is 0 Å². The number of rotatable bonds is 5. The van der Waals surface area contributed by atoms with E-state index in [0.717, 1.165) is 30.6 Å². The molecule has 0 saturated heterocycles. The average Bonchev–Trinajstić information content (AvgIpc) is 2.36. The van der Waals surface area contributed by atoms with Crippen LogP contribution in [0.3, 0.4) is 0 Å². The molecule has 1 aromatic rings. The van der Waals surface area contributed by atoms with E-state index in [1.807, 2.05) is 6.07 Å². The second-order valence-electron chi connectivity index (χ2n) is 5.30. The molecule has 1 saturated carbocycles. The fourth-order valence-electron chi connectivity index (χ4n) is 2.77. The van der Waals surface area contributed by atoms with Crippen LogP contribution in [0.5, 0.6) is 0 Å². The SMILES string of the molecule is CC1CCCC(CCNCc2ccncn2)C1. The Bertz CT molecular complexity index is 313. The average molecular weight is 233 g/mol. The van der Waals surface area contributed by atoms with Crippen molar-refractivity contribution in [2.75, 3.05) is 6.54 Å². The first-order valence-electron chi connectivity index (χ1n) is 6.80. The molecule has 3 nitrogen and oxygen atoms in total. The van der Waals surface area contributed by atoms with Crippen LogP contribution in [0.2, 0.25) is 0 Å². The largest absolute Gasteiger partial charge is 0.311 e. The number of nitrogens with zero attached hydrogens (tertiary/aromatic N) is 2. The summed E-state index contributed by atoms with van der Waals surface area (Å²) in [4.78, 5) is 8.12. The number of hydrogen-bond donors (Lipinski definition) is 1. The zero-order valence-electron chi connectivity index (χ0n) is 10.7. The molecule has 0 bridgehead atoms. The molecule has 17 heavy (non-hydrogen) atoms. The fraction of sp³-hybridized carbons (Fsp3) is 0.714. The van der Waals surface area contributed by atoms with E-state index in [1.54, 1.807) is 12.5 Å². The van der Waals surface area contributed by atoms with Gasteiger partial charge in [0.1, 0.15) is 6.33 Å². The van der Waals surface area contributed by atoms with Gasteiger partial charge in [-0.2, -0.15) is 0 Å². The Morgan fingerprint density at radius 3 is 3.12 bits per heavy atom. The third-order valence-corrected chi connectivity index (χ3v) is 3.72. The van der Waals surface area contributed by atoms with Crippen LogP contribution in [0.1, 0.15) is 44.7 Å². The number of nitrogens with one attached hydrogen (secondary N) is 1. The molecule has 0 radical (unpaired) electrons. The lowest BCUT2D eigenvalue weighted by Crippen LogP contribution is -2.21. The van der Waals surface area contributed by atoms with Crippen molar-refractivity contribution in [3.05, 3.63) is 24.3 Å². The summed E-state index contributed by atoms with van der Waals surface area (Å²) in [6.45, 7) is 4.37. The van der Waals surface area contributed by atoms with Gasteiger partial charge in [0, 0.05) is 12.7 Å². The topological polar surface area (TPSA) is 37.8 Å². The molecule has 1 aromatic heterocycles. The van der Waals surface area contributed by atoms with Crippen LogP contribution in [0.25, 0.3) is 0 Å². The first-order valence-corrected chi connectivity index (χ1v) is 6.80. The third kappa shape index (κ3) is 4.43. The van der Waals surface area contributed by atoms with E-state index in [-0.39, 0.29) is 0 Å². The summed E-state index contributed by atoms with van der Waals surface area (Å²) >= 11 is 0. The molecule has 1 fully saturated rings. The molecule has 2 unspecified atom stereocenters. The molecule has 1 N–H and O–H groups in total. The summed E-state index contributed by atoms with van der Waals surface area (Å²) in [5.41, 5.74) is 1.08. The molecule has 0 spiro atoms. The van der Waals surface area contributed by atoms with Gasteiger partial charge in [-0.05, 0) is 37.3 Å². The summed E-state index contributed by atoms with van der Waals surface area (Å²) in [5, 5.41) is 3.47. The minimum Gasteiger partial charge on any atom is -0.311 e. The minimum absolute atomic E-state index is 0.866. The molecule has 3 heteroatoms. The van der Waals surface area contributed by atoms with Gasteiger partial charge in [0.05, 0.1) is 5.69 Å². The Labute approximate surface area is 104 Å². The van der Waals surface area contributed by atoms with Crippen molar-refractivity contribution in [3.8, 4) is 0 Å². The first-order chi connectivity index (χ1) is 8.34. The minimum atomic E-state index is 0.866. The van der Waals surface area contributed by atoms with Crippen LogP contribution < -0.4 is 5.32 Å². The van der Waals surface area contributed by atoms with E-state index in [2.05, 4.69) is 22.2 Å². The highest BCUT2D eigenvalue weighted by Crippen LogP contribution is 2.30. The summed E-state index contributed by atoms with van der Waals surface area (Å²) < 4.78 is 0. The lowest BCUT2D eigenvalue weighted by molar-refractivity contribution is 0.267. The van der Waals surface area contributed by atoms with E-state index in [1.165, 1.54) is 32.1 Å². The highest BCUT2D eigenvalue weighted by molar-refractivity contribution is 4.96. The zero-order chi connectivity index (χ0) is 11.9. The maximum atomic E-state index is 4.20. The molecule has 0 aromatic carbocycles. The monoisotopic (exact) mass is 233 g/mol. The van der Waals surface area contributed by atoms with Crippen molar-refractivity contribution in [1.29, 1.82) is 0 Å². The van der Waals surface area contributed by atoms with Crippen molar-refractivity contribution < 1.29 is 0 Å². The summed E-state index contributed by atoms with van der Waals surface area (Å²) in [5.74, 6) is 1.88. The molecule has 1 aliphatic rings. The predicted molar refractivity (Wildman–Crippen MR) is 69.5 cm³/mol. The van der Waals surface area contributed by atoms with E-state index in [4.69, 9.17) is 0 Å². The van der Waals surface area contributed by atoms with E-state index in [0.29, 0.717) is 0 Å². The predicted octanol–water partition coefficient (Wildman–Crippen LogP) is 2.78. The van der Waals surface area contributed by atoms with Gasteiger partial charge in [0.25, 0.3) is 0 Å². The summed E-state index contributed by atoms with van der Waals surface area (Å²) in [6, 6.07) is 1.97. The van der Waals surface area contributed by atoms with Crippen LogP contribution in [-0.4, -0.2) is 16.5 Å². The maximum absolute atomic E-state index is 4.20. The quantitative estimate of drug-likeness (QED) is 0.795. The molecule has 2 rings (SSSR count). The summed E-state index contributed by atoms with van der Waals surface area (Å²) in [6.07, 6.45) is 10.4. The Balaban J connectivity index is 1.60. The molecular formula is C14H23N3. The smallest absolute Gasteiger partial charge is 0.115 e. The Kier molecular flexibility index (Phi) is 4.92. The molecule has 2 atom stereocenters. The maximum Gasteiger partial charge on any atom is 0.115 e. The molecule has 1 heterocycles. The van der Waals surface area contributed by atoms with Crippen LogP contribution >= 0.6 is 0 Å². The molecule has 1 aliphatic carbocycles. The van der Waals surface area contributed by atoms with Crippen LogP contribution in [0.15, 0.2) is 18.6 Å². The normalized spacial score (nSPS) is 24.8. The van der Waals surface area contributed by atoms with E-state index < -0.39 is 0 Å². The first kappa shape index (κ1) is 12.5. The van der Waals surface area contributed by atoms with Gasteiger partial charge in [-0.25, -0.2) is 9.97 Å². The van der Waals surface area contributed by atoms with Crippen molar-refractivity contribution in [2.24, 2.45) is 11.8 Å². The molecule has 0 amide bonds. The van der Waals surface area contributed by atoms with Crippen molar-refractivity contribution in [2.45, 2.75) is 45.6 Å². The van der Waals surface area contributed by atoms with Crippen molar-refractivity contribution in [1.82, 2.24) is 15.3 Å². The highest BCUT2D eigenvalue weighted by atomic mass is 14.9. The highest BCUT2D eigenvalue weighted by Gasteiger charge is 2.17. The van der Waals surface area contributed by atoms with Gasteiger partial charge < -0.3 is 5.32 Å². The second-order valence-corrected chi connectivity index (χ2v) is 5.30. The number of hydrogen-bond acceptors (Lipinski definition) is 3. The Hall–Kier alpha value is -0.960. The standard InChI is InChI=1S/C14H23N3/c1-12-3-2-4-13(9-12)5-7-15-10-14-6-8-16-11-17-14/h6,8,11-13,15H,2-5,7,9-10H2,1H3. The van der Waals surface area contributed by atoms with Crippen molar-refractivity contribution >= 4 is 0 Å². The van der Waals surface area contributed by atoms with Gasteiger partial charge in [-0.15, -0.1) is 0 Å². The summed E-state index contributed by atoms with van der Waals surface area (Å²) in [7, 11) is 0. The third-order valence-electron chi connectivity index (χ3n) is 3.72. The molecule has 0 aliphatic heterocycles. The lowest BCUT2D eigenvalue weighted by Gasteiger charge is -2.26. The van der Waals surface area contributed by atoms with Gasteiger partial charge in [-0.1, -0.05) is 26.2 Å². The molecule has 94 valence electrons. The number of aromatic nitrogens is 2. The van der Waals surface area contributed by atoms with E-state index >= 15 is 0 Å². The zero-order valence-corrected chi connectivity index (χ0v) is 10.7. The van der Waals surface area contributed by atoms with Gasteiger partial charge in [0.15, 0.2) is 0 Å². The second kappa shape index (κ2) is 6.70. The lowest BCUT2D eigenvalue weighted by atomic mass is 9.81. The Morgan fingerprint density at radius 1 is 1.41 bits per heavy atom. The van der Waals surface area contributed by atoms with Crippen LogP contribution in [0.4, 0.5) is 0 Å². The van der Waals surface area contributed by atoms with Crippen LogP contribution in [0, 0.1) is 11.8 Å². The van der Waals surface area contributed by atoms with Crippen molar-refractivity contribution in [3.63, 3.8) is 0 Å². The van der Waals surface area contributed by atoms with Gasteiger partial charge in [-0.3, -0.25) is 0 Å². The van der Waals surface area contributed by atoms with Gasteiger partial charge >= 0.3 is 0 Å². The molecular weight excluding hydrogens is 210 g/mol. The van der Waals surface area contributed by atoms with E-state index in [9.17, 15) is 0 Å².